The lowest BCUT2D eigenvalue weighted by Crippen LogP contribution is -2.34. The van der Waals surface area contributed by atoms with Crippen molar-refractivity contribution in [3.63, 3.8) is 0 Å². The third-order valence-corrected chi connectivity index (χ3v) is 6.36. The highest BCUT2D eigenvalue weighted by molar-refractivity contribution is 6.39. The summed E-state index contributed by atoms with van der Waals surface area (Å²) in [6, 6.07) is 6.97. The molecular formula is C22H20Cl2N4O2. The van der Waals surface area contributed by atoms with Gasteiger partial charge in [-0.3, -0.25) is 5.43 Å². The molecule has 2 aliphatic rings. The minimum atomic E-state index is -0.125. The van der Waals surface area contributed by atoms with E-state index in [4.69, 9.17) is 23.2 Å². The number of aromatic nitrogens is 1. The molecule has 6 nitrogen and oxygen atoms in total. The number of aromatic hydroxyl groups is 2. The number of benzene rings is 2. The zero-order valence-corrected chi connectivity index (χ0v) is 17.6. The molecule has 0 amide bonds. The minimum Gasteiger partial charge on any atom is -0.507 e. The summed E-state index contributed by atoms with van der Waals surface area (Å²) < 4.78 is 0. The van der Waals surface area contributed by atoms with Gasteiger partial charge in [-0.05, 0) is 55.5 Å². The summed E-state index contributed by atoms with van der Waals surface area (Å²) in [5, 5.41) is 26.4. The van der Waals surface area contributed by atoms with Gasteiger partial charge in [0.25, 0.3) is 0 Å². The molecular weight excluding hydrogens is 423 g/mol. The van der Waals surface area contributed by atoms with Gasteiger partial charge in [0, 0.05) is 35.3 Å². The fraction of sp³-hybridized carbons (Fsp3) is 0.273. The quantitative estimate of drug-likeness (QED) is 0.388. The number of hydrogen-bond acceptors (Lipinski definition) is 6. The number of hydrazone groups is 1. The van der Waals surface area contributed by atoms with E-state index in [1.165, 1.54) is 17.3 Å². The van der Waals surface area contributed by atoms with Gasteiger partial charge in [0.2, 0.25) is 0 Å². The third-order valence-electron chi connectivity index (χ3n) is 5.76. The molecule has 3 heterocycles. The summed E-state index contributed by atoms with van der Waals surface area (Å²) in [6.45, 7) is 2.12. The lowest BCUT2D eigenvalue weighted by Gasteiger charge is -2.37. The molecule has 2 aliphatic heterocycles. The van der Waals surface area contributed by atoms with E-state index in [1.807, 2.05) is 6.07 Å². The van der Waals surface area contributed by atoms with E-state index in [2.05, 4.69) is 20.4 Å². The number of rotatable bonds is 3. The van der Waals surface area contributed by atoms with Crippen molar-refractivity contribution in [2.75, 3.05) is 23.4 Å². The van der Waals surface area contributed by atoms with Crippen LogP contribution in [0.1, 0.15) is 29.5 Å². The van der Waals surface area contributed by atoms with Gasteiger partial charge in [-0.25, -0.2) is 4.98 Å². The number of aryl methyl sites for hydroxylation is 1. The van der Waals surface area contributed by atoms with Crippen LogP contribution in [0, 0.1) is 0 Å². The van der Waals surface area contributed by atoms with E-state index in [1.54, 1.807) is 18.3 Å². The monoisotopic (exact) mass is 442 g/mol. The predicted molar refractivity (Wildman–Crippen MR) is 122 cm³/mol. The molecule has 0 radical (unpaired) electrons. The maximum Gasteiger partial charge on any atom is 0.160 e. The molecule has 154 valence electrons. The second-order valence-corrected chi connectivity index (χ2v) is 8.46. The second-order valence-electron chi connectivity index (χ2n) is 7.65. The van der Waals surface area contributed by atoms with Gasteiger partial charge in [0.15, 0.2) is 5.75 Å². The Bertz CT molecular complexity index is 1190. The minimum absolute atomic E-state index is 0.125. The number of hydrogen-bond donors (Lipinski definition) is 3. The van der Waals surface area contributed by atoms with Crippen molar-refractivity contribution in [1.82, 2.24) is 4.98 Å². The Morgan fingerprint density at radius 3 is 2.67 bits per heavy atom. The lowest BCUT2D eigenvalue weighted by atomic mass is 9.89. The zero-order valence-electron chi connectivity index (χ0n) is 16.1. The molecule has 5 rings (SSSR count). The number of halogens is 2. The van der Waals surface area contributed by atoms with Gasteiger partial charge in [-0.2, -0.15) is 5.10 Å². The van der Waals surface area contributed by atoms with Crippen molar-refractivity contribution < 1.29 is 10.2 Å². The van der Waals surface area contributed by atoms with Crippen molar-refractivity contribution in [3.8, 4) is 11.5 Å². The number of pyridine rings is 1. The van der Waals surface area contributed by atoms with Gasteiger partial charge in [-0.15, -0.1) is 0 Å². The highest BCUT2D eigenvalue weighted by Crippen LogP contribution is 2.41. The van der Waals surface area contributed by atoms with Crippen LogP contribution in [0.15, 0.2) is 29.4 Å². The fourth-order valence-corrected chi connectivity index (χ4v) is 4.92. The molecule has 8 heteroatoms. The normalized spacial score (nSPS) is 15.6. The predicted octanol–water partition coefficient (Wildman–Crippen LogP) is 5.10. The van der Waals surface area contributed by atoms with Crippen molar-refractivity contribution in [3.05, 3.63) is 51.0 Å². The van der Waals surface area contributed by atoms with E-state index >= 15 is 0 Å². The molecule has 0 atom stereocenters. The highest BCUT2D eigenvalue weighted by atomic mass is 35.5. The molecule has 3 N–H and O–H groups in total. The van der Waals surface area contributed by atoms with E-state index in [-0.39, 0.29) is 10.8 Å². The first-order valence-electron chi connectivity index (χ1n) is 9.92. The summed E-state index contributed by atoms with van der Waals surface area (Å²) in [5.41, 5.74) is 7.36. The van der Waals surface area contributed by atoms with Crippen LogP contribution < -0.4 is 10.3 Å². The Hall–Kier alpha value is -2.70. The van der Waals surface area contributed by atoms with Crippen LogP contribution in [0.4, 0.5) is 11.5 Å². The van der Waals surface area contributed by atoms with E-state index < -0.39 is 0 Å². The van der Waals surface area contributed by atoms with Crippen LogP contribution in [0.2, 0.25) is 10.0 Å². The molecule has 0 fully saturated rings. The fourth-order valence-electron chi connectivity index (χ4n) is 4.40. The topological polar surface area (TPSA) is 81.0 Å². The Morgan fingerprint density at radius 2 is 1.83 bits per heavy atom. The van der Waals surface area contributed by atoms with Gasteiger partial charge in [0.05, 0.1) is 16.3 Å². The molecule has 30 heavy (non-hydrogen) atoms. The van der Waals surface area contributed by atoms with Gasteiger partial charge in [0.1, 0.15) is 17.1 Å². The van der Waals surface area contributed by atoms with E-state index in [0.717, 1.165) is 44.3 Å². The zero-order chi connectivity index (χ0) is 20.8. The third kappa shape index (κ3) is 3.20. The Labute approximate surface area is 183 Å². The maximum absolute atomic E-state index is 10.8. The molecule has 0 saturated carbocycles. The van der Waals surface area contributed by atoms with E-state index in [9.17, 15) is 10.2 Å². The van der Waals surface area contributed by atoms with Crippen molar-refractivity contribution in [1.29, 1.82) is 0 Å². The maximum atomic E-state index is 10.8. The van der Waals surface area contributed by atoms with Crippen LogP contribution >= 0.6 is 23.2 Å². The van der Waals surface area contributed by atoms with Gasteiger partial charge in [-0.1, -0.05) is 23.2 Å². The standard InChI is InChI=1S/C22H20Cl2N4O2/c23-16-10-17(24)22(30)19-14(16)5-6-18(26-19)27-25-11-13-9-12-3-1-7-28-8-2-4-15(20(12)28)21(13)29/h5-6,9-11,29-30H,1-4,7-8H2,(H,26,27). The smallest absolute Gasteiger partial charge is 0.160 e. The Morgan fingerprint density at radius 1 is 1.03 bits per heavy atom. The molecule has 2 aromatic carbocycles. The van der Waals surface area contributed by atoms with Crippen molar-refractivity contribution in [2.24, 2.45) is 5.10 Å². The van der Waals surface area contributed by atoms with Crippen LogP contribution in [-0.4, -0.2) is 34.5 Å². The number of anilines is 2. The van der Waals surface area contributed by atoms with Crippen LogP contribution in [0.25, 0.3) is 10.9 Å². The molecule has 3 aromatic rings. The van der Waals surface area contributed by atoms with Crippen molar-refractivity contribution >= 4 is 51.8 Å². The molecule has 0 saturated heterocycles. The lowest BCUT2D eigenvalue weighted by molar-refractivity contribution is 0.461. The first kappa shape index (κ1) is 19.3. The average Bonchev–Trinajstić information content (AvgIpc) is 2.75. The SMILES string of the molecule is Oc1c(C=NNc2ccc3c(Cl)cc(Cl)c(O)c3n2)cc2c3c1CCCN3CCC2. The van der Waals surface area contributed by atoms with Gasteiger partial charge < -0.3 is 15.1 Å². The second kappa shape index (κ2) is 7.52. The number of fused-ring (bicyclic) bond motifs is 1. The summed E-state index contributed by atoms with van der Waals surface area (Å²) >= 11 is 12.2. The van der Waals surface area contributed by atoms with Gasteiger partial charge >= 0.3 is 0 Å². The Balaban J connectivity index is 1.45. The highest BCUT2D eigenvalue weighted by Gasteiger charge is 2.27. The largest absolute Gasteiger partial charge is 0.507 e. The summed E-state index contributed by atoms with van der Waals surface area (Å²) in [6.07, 6.45) is 5.68. The molecule has 1 aromatic heterocycles. The van der Waals surface area contributed by atoms with E-state index in [0.29, 0.717) is 33.1 Å². The Kier molecular flexibility index (Phi) is 4.83. The first-order chi connectivity index (χ1) is 14.5. The molecule has 0 spiro atoms. The summed E-state index contributed by atoms with van der Waals surface area (Å²) in [5.74, 6) is 0.602. The number of phenols is 2. The average molecular weight is 443 g/mol. The van der Waals surface area contributed by atoms with Crippen LogP contribution in [0.5, 0.6) is 11.5 Å². The molecule has 0 aliphatic carbocycles. The summed E-state index contributed by atoms with van der Waals surface area (Å²) in [7, 11) is 0. The van der Waals surface area contributed by atoms with Crippen LogP contribution in [0.3, 0.4) is 0 Å². The number of nitrogens with zero attached hydrogens (tertiary/aromatic N) is 3. The van der Waals surface area contributed by atoms with Crippen LogP contribution in [-0.2, 0) is 12.8 Å². The molecule has 0 bridgehead atoms. The number of nitrogens with one attached hydrogen (secondary N) is 1. The molecule has 0 unspecified atom stereocenters. The number of phenolic OH excluding ortho intramolecular Hbond substituents is 2. The summed E-state index contributed by atoms with van der Waals surface area (Å²) in [4.78, 5) is 6.75. The first-order valence-corrected chi connectivity index (χ1v) is 10.7. The van der Waals surface area contributed by atoms with Crippen molar-refractivity contribution in [2.45, 2.75) is 25.7 Å².